The van der Waals surface area contributed by atoms with Crippen LogP contribution < -0.4 is 5.32 Å². The Morgan fingerprint density at radius 3 is 2.46 bits per heavy atom. The van der Waals surface area contributed by atoms with E-state index in [1.807, 2.05) is 0 Å². The van der Waals surface area contributed by atoms with Crippen molar-refractivity contribution in [3.8, 4) is 11.3 Å². The summed E-state index contributed by atoms with van der Waals surface area (Å²) in [6.07, 6.45) is 6.27. The third-order valence-electron chi connectivity index (χ3n) is 5.24. The highest BCUT2D eigenvalue weighted by atomic mass is 16.5. The van der Waals surface area contributed by atoms with Crippen LogP contribution in [-0.2, 0) is 11.2 Å². The molecular weight excluding hydrogens is 296 g/mol. The Kier molecular flexibility index (Phi) is 4.52. The van der Waals surface area contributed by atoms with Crippen molar-refractivity contribution >= 4 is 5.82 Å². The fraction of sp³-hybridized carbons (Fsp3) is 0.476. The molecule has 24 heavy (non-hydrogen) atoms. The van der Waals surface area contributed by atoms with E-state index in [2.05, 4.69) is 48.6 Å². The molecule has 1 aliphatic carbocycles. The molecule has 0 unspecified atom stereocenters. The molecule has 1 aromatic heterocycles. The van der Waals surface area contributed by atoms with Gasteiger partial charge in [-0.15, -0.1) is 0 Å². The minimum absolute atomic E-state index is 0.585. The number of aryl methyl sites for hydroxylation is 1. The zero-order valence-corrected chi connectivity index (χ0v) is 14.4. The molecule has 1 N–H and O–H groups in total. The number of hydrogen-bond acceptors (Lipinski definition) is 3. The monoisotopic (exact) mass is 322 g/mol. The first-order chi connectivity index (χ1) is 11.8. The Morgan fingerprint density at radius 1 is 1.04 bits per heavy atom. The number of nitrogens with zero attached hydrogens (tertiary/aromatic N) is 1. The molecule has 3 nitrogen and oxygen atoms in total. The van der Waals surface area contributed by atoms with Crippen LogP contribution in [0.3, 0.4) is 0 Å². The number of hydrogen-bond donors (Lipinski definition) is 1. The normalized spacial score (nSPS) is 18.5. The van der Waals surface area contributed by atoms with Gasteiger partial charge in [0.25, 0.3) is 0 Å². The maximum absolute atomic E-state index is 5.34. The molecule has 0 spiro atoms. The van der Waals surface area contributed by atoms with Crippen LogP contribution in [0.25, 0.3) is 11.3 Å². The van der Waals surface area contributed by atoms with Crippen molar-refractivity contribution in [2.75, 3.05) is 18.5 Å². The van der Waals surface area contributed by atoms with Crippen molar-refractivity contribution in [1.82, 2.24) is 4.98 Å². The zero-order valence-electron chi connectivity index (χ0n) is 14.4. The average molecular weight is 322 g/mol. The number of anilines is 1. The third kappa shape index (κ3) is 3.46. The second-order valence-electron chi connectivity index (χ2n) is 7.30. The number of rotatable bonds is 5. The second-order valence-corrected chi connectivity index (χ2v) is 7.30. The molecule has 1 aromatic carbocycles. The average Bonchev–Trinajstić information content (AvgIpc) is 3.06. The lowest BCUT2D eigenvalue weighted by Gasteiger charge is -2.27. The zero-order chi connectivity index (χ0) is 16.4. The number of pyridine rings is 1. The molecule has 1 saturated heterocycles. The molecule has 0 amide bonds. The first-order valence-corrected chi connectivity index (χ1v) is 9.19. The Bertz CT molecular complexity index is 685. The summed E-state index contributed by atoms with van der Waals surface area (Å²) in [5, 5.41) is 3.73. The van der Waals surface area contributed by atoms with E-state index in [0.717, 1.165) is 31.1 Å². The van der Waals surface area contributed by atoms with Gasteiger partial charge < -0.3 is 10.1 Å². The van der Waals surface area contributed by atoms with Crippen LogP contribution in [0, 0.1) is 12.8 Å². The van der Waals surface area contributed by atoms with Gasteiger partial charge in [-0.2, -0.15) is 0 Å². The highest BCUT2D eigenvalue weighted by Gasteiger charge is 2.22. The molecule has 2 aliphatic rings. The Balaban J connectivity index is 1.61. The quantitative estimate of drug-likeness (QED) is 0.873. The van der Waals surface area contributed by atoms with Gasteiger partial charge in [-0.1, -0.05) is 48.7 Å². The number of nitrogens with one attached hydrogen (secondary N) is 1. The summed E-state index contributed by atoms with van der Waals surface area (Å²) in [5.74, 6) is 1.74. The van der Waals surface area contributed by atoms with E-state index < -0.39 is 0 Å². The van der Waals surface area contributed by atoms with Crippen molar-refractivity contribution in [2.24, 2.45) is 5.92 Å². The number of aromatic nitrogens is 1. The van der Waals surface area contributed by atoms with Crippen molar-refractivity contribution in [1.29, 1.82) is 0 Å². The first-order valence-electron chi connectivity index (χ1n) is 9.19. The van der Waals surface area contributed by atoms with E-state index in [9.17, 15) is 0 Å². The molecule has 1 saturated carbocycles. The highest BCUT2D eigenvalue weighted by Crippen LogP contribution is 2.29. The fourth-order valence-corrected chi connectivity index (χ4v) is 3.64. The van der Waals surface area contributed by atoms with E-state index in [1.165, 1.54) is 42.4 Å². The predicted molar refractivity (Wildman–Crippen MR) is 98.3 cm³/mol. The molecule has 0 radical (unpaired) electrons. The molecular formula is C21H26N2O. The standard InChI is InChI=1S/C21H26N2O/c1-15-6-8-17(9-7-15)20-11-10-18(12-16-13-24-14-16)21(23-20)22-19-4-2-3-5-19/h6-11,16,19H,2-5,12-14H2,1H3,(H,22,23). The topological polar surface area (TPSA) is 34.1 Å². The second kappa shape index (κ2) is 6.94. The molecule has 126 valence electrons. The highest BCUT2D eigenvalue weighted by molar-refractivity contribution is 5.63. The fourth-order valence-electron chi connectivity index (χ4n) is 3.64. The Morgan fingerprint density at radius 2 is 1.79 bits per heavy atom. The van der Waals surface area contributed by atoms with Gasteiger partial charge in [0.15, 0.2) is 0 Å². The van der Waals surface area contributed by atoms with Crippen molar-refractivity contribution in [2.45, 2.75) is 45.1 Å². The van der Waals surface area contributed by atoms with Gasteiger partial charge >= 0.3 is 0 Å². The molecule has 2 fully saturated rings. The molecule has 2 aromatic rings. The number of ether oxygens (including phenoxy) is 1. The van der Waals surface area contributed by atoms with Crippen molar-refractivity contribution < 1.29 is 4.74 Å². The molecule has 0 bridgehead atoms. The van der Waals surface area contributed by atoms with E-state index in [1.54, 1.807) is 0 Å². The van der Waals surface area contributed by atoms with Gasteiger partial charge in [0, 0.05) is 17.5 Å². The van der Waals surface area contributed by atoms with Crippen LogP contribution in [0.4, 0.5) is 5.82 Å². The summed E-state index contributed by atoms with van der Waals surface area (Å²) in [6, 6.07) is 13.6. The molecule has 1 aliphatic heterocycles. The smallest absolute Gasteiger partial charge is 0.130 e. The summed E-state index contributed by atoms with van der Waals surface area (Å²) >= 11 is 0. The van der Waals surface area contributed by atoms with Gasteiger partial charge in [-0.05, 0) is 37.8 Å². The van der Waals surface area contributed by atoms with Crippen LogP contribution in [0.5, 0.6) is 0 Å². The summed E-state index contributed by atoms with van der Waals surface area (Å²) in [4.78, 5) is 5.00. The lowest BCUT2D eigenvalue weighted by atomic mass is 9.97. The SMILES string of the molecule is Cc1ccc(-c2ccc(CC3COC3)c(NC3CCCC3)n2)cc1. The van der Waals surface area contributed by atoms with E-state index in [4.69, 9.17) is 9.72 Å². The predicted octanol–water partition coefficient (Wildman–Crippen LogP) is 4.60. The van der Waals surface area contributed by atoms with Crippen molar-refractivity contribution in [3.63, 3.8) is 0 Å². The minimum Gasteiger partial charge on any atom is -0.381 e. The van der Waals surface area contributed by atoms with Crippen LogP contribution in [0.15, 0.2) is 36.4 Å². The summed E-state index contributed by atoms with van der Waals surface area (Å²) < 4.78 is 5.34. The number of benzene rings is 1. The van der Waals surface area contributed by atoms with Crippen LogP contribution >= 0.6 is 0 Å². The van der Waals surface area contributed by atoms with Crippen LogP contribution in [0.2, 0.25) is 0 Å². The Hall–Kier alpha value is -1.87. The van der Waals surface area contributed by atoms with Gasteiger partial charge in [0.2, 0.25) is 0 Å². The first kappa shape index (κ1) is 15.6. The van der Waals surface area contributed by atoms with E-state index in [-0.39, 0.29) is 0 Å². The molecule has 0 atom stereocenters. The summed E-state index contributed by atoms with van der Waals surface area (Å²) in [7, 11) is 0. The van der Waals surface area contributed by atoms with E-state index in [0.29, 0.717) is 12.0 Å². The molecule has 2 heterocycles. The van der Waals surface area contributed by atoms with Gasteiger partial charge in [0.05, 0.1) is 18.9 Å². The lowest BCUT2D eigenvalue weighted by Crippen LogP contribution is -2.30. The largest absolute Gasteiger partial charge is 0.381 e. The van der Waals surface area contributed by atoms with Gasteiger partial charge in [-0.3, -0.25) is 0 Å². The lowest BCUT2D eigenvalue weighted by molar-refractivity contribution is -0.0311. The molecule has 4 rings (SSSR count). The summed E-state index contributed by atoms with van der Waals surface area (Å²) in [5.41, 5.74) is 4.87. The maximum Gasteiger partial charge on any atom is 0.130 e. The van der Waals surface area contributed by atoms with Crippen LogP contribution in [0.1, 0.15) is 36.8 Å². The molecule has 3 heteroatoms. The minimum atomic E-state index is 0.585. The maximum atomic E-state index is 5.34. The van der Waals surface area contributed by atoms with Crippen LogP contribution in [-0.4, -0.2) is 24.2 Å². The summed E-state index contributed by atoms with van der Waals surface area (Å²) in [6.45, 7) is 3.90. The van der Waals surface area contributed by atoms with Crippen molar-refractivity contribution in [3.05, 3.63) is 47.5 Å². The third-order valence-corrected chi connectivity index (χ3v) is 5.24. The van der Waals surface area contributed by atoms with Gasteiger partial charge in [-0.25, -0.2) is 4.98 Å². The van der Waals surface area contributed by atoms with Gasteiger partial charge in [0.1, 0.15) is 5.82 Å². The Labute approximate surface area is 144 Å². The van der Waals surface area contributed by atoms with E-state index >= 15 is 0 Å².